The van der Waals surface area contributed by atoms with E-state index in [4.69, 9.17) is 5.11 Å². The first-order chi connectivity index (χ1) is 13.0. The molecule has 0 bridgehead atoms. The average molecular weight is 375 g/mol. The zero-order valence-electron chi connectivity index (χ0n) is 15.2. The summed E-state index contributed by atoms with van der Waals surface area (Å²) >= 11 is 0. The van der Waals surface area contributed by atoms with E-state index < -0.39 is 5.97 Å². The van der Waals surface area contributed by atoms with Gasteiger partial charge in [-0.3, -0.25) is 14.4 Å². The van der Waals surface area contributed by atoms with Gasteiger partial charge in [-0.05, 0) is 30.9 Å². The van der Waals surface area contributed by atoms with E-state index in [1.54, 1.807) is 0 Å². The van der Waals surface area contributed by atoms with Crippen LogP contribution in [0.15, 0.2) is 12.1 Å². The van der Waals surface area contributed by atoms with Crippen LogP contribution < -0.4 is 16.0 Å². The molecule has 1 saturated heterocycles. The number of pyridine rings is 1. The molecule has 9 nitrogen and oxygen atoms in total. The highest BCUT2D eigenvalue weighted by molar-refractivity contribution is 5.89. The molecule has 4 N–H and O–H groups in total. The zero-order valence-corrected chi connectivity index (χ0v) is 15.2. The summed E-state index contributed by atoms with van der Waals surface area (Å²) < 4.78 is 0. The SMILES string of the molecule is O=C(O)CCNC(=O)CN1CC[C@H](NCc2ccc3c(n2)NCCC3)C1=O. The molecule has 0 radical (unpaired) electrons. The largest absolute Gasteiger partial charge is 0.481 e. The third kappa shape index (κ3) is 5.16. The Morgan fingerprint density at radius 2 is 2.22 bits per heavy atom. The Bertz CT molecular complexity index is 724. The van der Waals surface area contributed by atoms with Crippen molar-refractivity contribution >= 4 is 23.6 Å². The Balaban J connectivity index is 1.45. The Kier molecular flexibility index (Phi) is 6.23. The quantitative estimate of drug-likeness (QED) is 0.493. The van der Waals surface area contributed by atoms with Gasteiger partial charge in [0.2, 0.25) is 11.8 Å². The van der Waals surface area contributed by atoms with Gasteiger partial charge in [0.15, 0.2) is 0 Å². The number of aromatic nitrogens is 1. The monoisotopic (exact) mass is 375 g/mol. The number of nitrogens with zero attached hydrogens (tertiary/aromatic N) is 2. The predicted molar refractivity (Wildman–Crippen MR) is 98.1 cm³/mol. The number of carboxylic acids is 1. The third-order valence-electron chi connectivity index (χ3n) is 4.77. The molecule has 3 heterocycles. The molecule has 0 saturated carbocycles. The van der Waals surface area contributed by atoms with E-state index in [9.17, 15) is 14.4 Å². The fraction of sp³-hybridized carbons (Fsp3) is 0.556. The van der Waals surface area contributed by atoms with E-state index in [0.717, 1.165) is 30.9 Å². The summed E-state index contributed by atoms with van der Waals surface area (Å²) in [6, 6.07) is 3.73. The van der Waals surface area contributed by atoms with Gasteiger partial charge in [0.25, 0.3) is 0 Å². The summed E-state index contributed by atoms with van der Waals surface area (Å²) in [5, 5.41) is 17.6. The summed E-state index contributed by atoms with van der Waals surface area (Å²) in [4.78, 5) is 40.8. The second-order valence-electron chi connectivity index (χ2n) is 6.82. The molecule has 146 valence electrons. The van der Waals surface area contributed by atoms with E-state index in [2.05, 4.69) is 27.0 Å². The first-order valence-electron chi connectivity index (χ1n) is 9.26. The van der Waals surface area contributed by atoms with Gasteiger partial charge in [-0.2, -0.15) is 0 Å². The number of aliphatic carboxylic acids is 1. The first kappa shape index (κ1) is 19.1. The highest BCUT2D eigenvalue weighted by Crippen LogP contribution is 2.20. The summed E-state index contributed by atoms with van der Waals surface area (Å²) in [5.41, 5.74) is 2.10. The normalized spacial score (nSPS) is 18.7. The van der Waals surface area contributed by atoms with E-state index in [-0.39, 0.29) is 37.4 Å². The fourth-order valence-electron chi connectivity index (χ4n) is 3.32. The molecular weight excluding hydrogens is 350 g/mol. The Morgan fingerprint density at radius 3 is 3.04 bits per heavy atom. The van der Waals surface area contributed by atoms with E-state index >= 15 is 0 Å². The van der Waals surface area contributed by atoms with Crippen LogP contribution in [0.25, 0.3) is 0 Å². The van der Waals surface area contributed by atoms with Crippen LogP contribution in [-0.2, 0) is 27.3 Å². The molecule has 0 aromatic carbocycles. The number of carbonyl (C=O) groups is 3. The average Bonchev–Trinajstić information content (AvgIpc) is 2.99. The van der Waals surface area contributed by atoms with Crippen molar-refractivity contribution in [2.75, 3.05) is 31.5 Å². The van der Waals surface area contributed by atoms with Crippen molar-refractivity contribution in [1.82, 2.24) is 20.5 Å². The molecule has 1 atom stereocenters. The number of rotatable bonds is 8. The summed E-state index contributed by atoms with van der Waals surface area (Å²) in [7, 11) is 0. The van der Waals surface area contributed by atoms with Gasteiger partial charge in [0.05, 0.1) is 24.7 Å². The number of nitrogens with one attached hydrogen (secondary N) is 3. The number of aryl methyl sites for hydroxylation is 1. The van der Waals surface area contributed by atoms with Crippen LogP contribution in [0.1, 0.15) is 30.5 Å². The molecule has 2 amide bonds. The Labute approximate surface area is 157 Å². The highest BCUT2D eigenvalue weighted by atomic mass is 16.4. The van der Waals surface area contributed by atoms with Crippen molar-refractivity contribution in [3.05, 3.63) is 23.4 Å². The number of likely N-dealkylation sites (tertiary alicyclic amines) is 1. The van der Waals surface area contributed by atoms with Gasteiger partial charge in [-0.1, -0.05) is 6.07 Å². The summed E-state index contributed by atoms with van der Waals surface area (Å²) in [5.74, 6) is -0.493. The lowest BCUT2D eigenvalue weighted by molar-refractivity contribution is -0.137. The van der Waals surface area contributed by atoms with Gasteiger partial charge in [0, 0.05) is 26.2 Å². The van der Waals surface area contributed by atoms with Crippen molar-refractivity contribution in [2.24, 2.45) is 0 Å². The predicted octanol–water partition coefficient (Wildman–Crippen LogP) is -0.279. The van der Waals surface area contributed by atoms with E-state index in [1.165, 1.54) is 10.5 Å². The number of fused-ring (bicyclic) bond motifs is 1. The van der Waals surface area contributed by atoms with Crippen LogP contribution >= 0.6 is 0 Å². The lowest BCUT2D eigenvalue weighted by atomic mass is 10.1. The molecular formula is C18H25N5O4. The van der Waals surface area contributed by atoms with Gasteiger partial charge >= 0.3 is 5.97 Å². The van der Waals surface area contributed by atoms with E-state index in [0.29, 0.717) is 19.5 Å². The maximum absolute atomic E-state index is 12.4. The number of amides is 2. The van der Waals surface area contributed by atoms with Crippen LogP contribution in [0.3, 0.4) is 0 Å². The van der Waals surface area contributed by atoms with Crippen molar-refractivity contribution in [3.8, 4) is 0 Å². The van der Waals surface area contributed by atoms with Crippen molar-refractivity contribution in [1.29, 1.82) is 0 Å². The summed E-state index contributed by atoms with van der Waals surface area (Å²) in [6.07, 6.45) is 2.65. The fourth-order valence-corrected chi connectivity index (χ4v) is 3.32. The van der Waals surface area contributed by atoms with Gasteiger partial charge in [-0.15, -0.1) is 0 Å². The second kappa shape index (κ2) is 8.81. The van der Waals surface area contributed by atoms with Crippen molar-refractivity contribution in [2.45, 2.75) is 38.3 Å². The lowest BCUT2D eigenvalue weighted by Gasteiger charge is -2.18. The Hall–Kier alpha value is -2.68. The number of carbonyl (C=O) groups excluding carboxylic acids is 2. The lowest BCUT2D eigenvalue weighted by Crippen LogP contribution is -2.42. The minimum atomic E-state index is -0.970. The smallest absolute Gasteiger partial charge is 0.305 e. The van der Waals surface area contributed by atoms with Crippen LogP contribution in [0.2, 0.25) is 0 Å². The molecule has 1 aromatic heterocycles. The van der Waals surface area contributed by atoms with Crippen molar-refractivity contribution in [3.63, 3.8) is 0 Å². The molecule has 0 aliphatic carbocycles. The van der Waals surface area contributed by atoms with Crippen LogP contribution in [-0.4, -0.2) is 65.0 Å². The minimum absolute atomic E-state index is 0.0440. The standard InChI is InChI=1S/C18H25N5O4/c24-15(19-8-5-16(25)26)11-23-9-6-14(18(23)27)21-10-13-4-3-12-2-1-7-20-17(12)22-13/h3-4,14,21H,1-2,5-11H2,(H,19,24)(H,20,22)(H,25,26)/t14-/m0/s1. The number of carboxylic acid groups (broad SMARTS) is 1. The molecule has 9 heteroatoms. The van der Waals surface area contributed by atoms with Gasteiger partial charge < -0.3 is 26.0 Å². The molecule has 1 aromatic rings. The molecule has 0 spiro atoms. The van der Waals surface area contributed by atoms with Crippen LogP contribution in [0, 0.1) is 0 Å². The maximum atomic E-state index is 12.4. The summed E-state index contributed by atoms with van der Waals surface area (Å²) in [6.45, 7) is 1.95. The molecule has 2 aliphatic heterocycles. The topological polar surface area (TPSA) is 124 Å². The number of hydrogen-bond acceptors (Lipinski definition) is 6. The highest BCUT2D eigenvalue weighted by Gasteiger charge is 2.32. The zero-order chi connectivity index (χ0) is 19.2. The Morgan fingerprint density at radius 1 is 1.37 bits per heavy atom. The first-order valence-corrected chi connectivity index (χ1v) is 9.26. The second-order valence-corrected chi connectivity index (χ2v) is 6.82. The molecule has 1 fully saturated rings. The van der Waals surface area contributed by atoms with Crippen LogP contribution in [0.4, 0.5) is 5.82 Å². The van der Waals surface area contributed by atoms with Crippen molar-refractivity contribution < 1.29 is 19.5 Å². The molecule has 3 rings (SSSR count). The third-order valence-corrected chi connectivity index (χ3v) is 4.77. The number of hydrogen-bond donors (Lipinski definition) is 4. The molecule has 2 aliphatic rings. The maximum Gasteiger partial charge on any atom is 0.305 e. The van der Waals surface area contributed by atoms with E-state index in [1.807, 2.05) is 6.07 Å². The molecule has 27 heavy (non-hydrogen) atoms. The minimum Gasteiger partial charge on any atom is -0.481 e. The van der Waals surface area contributed by atoms with Crippen LogP contribution in [0.5, 0.6) is 0 Å². The number of anilines is 1. The van der Waals surface area contributed by atoms with Gasteiger partial charge in [0.1, 0.15) is 5.82 Å². The molecule has 0 unspecified atom stereocenters. The van der Waals surface area contributed by atoms with Gasteiger partial charge in [-0.25, -0.2) is 4.98 Å².